The van der Waals surface area contributed by atoms with Crippen molar-refractivity contribution < 1.29 is 4.79 Å². The number of H-pyrrole nitrogens is 1. The highest BCUT2D eigenvalue weighted by molar-refractivity contribution is 5.94. The van der Waals surface area contributed by atoms with Crippen LogP contribution in [0, 0.1) is 13.8 Å². The Labute approximate surface area is 155 Å². The molecule has 1 aliphatic heterocycles. The molecule has 3 heterocycles. The lowest BCUT2D eigenvalue weighted by Crippen LogP contribution is -2.39. The molecule has 142 valence electrons. The Kier molecular flexibility index (Phi) is 5.76. The fourth-order valence-corrected chi connectivity index (χ4v) is 3.74. The second-order valence-electron chi connectivity index (χ2n) is 7.46. The zero-order chi connectivity index (χ0) is 18.7. The maximum atomic E-state index is 12.7. The van der Waals surface area contributed by atoms with Crippen LogP contribution in [0.3, 0.4) is 0 Å². The van der Waals surface area contributed by atoms with Gasteiger partial charge in [-0.05, 0) is 58.3 Å². The Hall–Kier alpha value is -2.15. The second-order valence-corrected chi connectivity index (χ2v) is 7.46. The first-order chi connectivity index (χ1) is 12.5. The molecule has 0 saturated carbocycles. The van der Waals surface area contributed by atoms with Crippen molar-refractivity contribution >= 4 is 5.91 Å². The summed E-state index contributed by atoms with van der Waals surface area (Å²) in [6.07, 6.45) is 5.03. The SMILES string of the molecule is CCCN(C)Cc1cn(C2CCN(C(=O)c3[nH]c(C)cc3C)CC2)nn1. The Morgan fingerprint density at radius 2 is 2.08 bits per heavy atom. The molecular formula is C19H30N6O. The van der Waals surface area contributed by atoms with Crippen LogP contribution in [0.1, 0.15) is 59.7 Å². The molecule has 7 nitrogen and oxygen atoms in total. The summed E-state index contributed by atoms with van der Waals surface area (Å²) in [6.45, 7) is 9.55. The predicted molar refractivity (Wildman–Crippen MR) is 101 cm³/mol. The van der Waals surface area contributed by atoms with Crippen LogP contribution in [0.4, 0.5) is 0 Å². The van der Waals surface area contributed by atoms with Gasteiger partial charge in [0.25, 0.3) is 5.91 Å². The maximum absolute atomic E-state index is 12.7. The van der Waals surface area contributed by atoms with Crippen LogP contribution in [0.2, 0.25) is 0 Å². The lowest BCUT2D eigenvalue weighted by Gasteiger charge is -2.31. The molecule has 2 aromatic heterocycles. The first-order valence-electron chi connectivity index (χ1n) is 9.52. The van der Waals surface area contributed by atoms with Crippen molar-refractivity contribution in [1.29, 1.82) is 0 Å². The van der Waals surface area contributed by atoms with E-state index in [1.807, 2.05) is 29.5 Å². The van der Waals surface area contributed by atoms with Gasteiger partial charge < -0.3 is 14.8 Å². The van der Waals surface area contributed by atoms with Crippen LogP contribution in [-0.4, -0.2) is 62.4 Å². The normalized spacial score (nSPS) is 15.8. The summed E-state index contributed by atoms with van der Waals surface area (Å²) in [4.78, 5) is 20.1. The summed E-state index contributed by atoms with van der Waals surface area (Å²) in [5.41, 5.74) is 3.79. The molecule has 0 radical (unpaired) electrons. The van der Waals surface area contributed by atoms with Crippen molar-refractivity contribution in [3.05, 3.63) is 34.9 Å². The Morgan fingerprint density at radius 3 is 2.69 bits per heavy atom. The minimum Gasteiger partial charge on any atom is -0.354 e. The standard InChI is InChI=1S/C19H30N6O/c1-5-8-23(4)12-16-13-25(22-21-16)17-6-9-24(10-7-17)19(26)18-14(2)11-15(3)20-18/h11,13,17,20H,5-10,12H2,1-4H3. The van der Waals surface area contributed by atoms with E-state index >= 15 is 0 Å². The van der Waals surface area contributed by atoms with Gasteiger partial charge in [-0.1, -0.05) is 12.1 Å². The molecule has 26 heavy (non-hydrogen) atoms. The summed E-state index contributed by atoms with van der Waals surface area (Å²) in [6, 6.07) is 2.34. The van der Waals surface area contributed by atoms with E-state index in [0.717, 1.165) is 68.1 Å². The molecule has 0 spiro atoms. The summed E-state index contributed by atoms with van der Waals surface area (Å²) >= 11 is 0. The summed E-state index contributed by atoms with van der Waals surface area (Å²) in [7, 11) is 2.11. The molecule has 0 aliphatic carbocycles. The molecule has 2 aromatic rings. The molecular weight excluding hydrogens is 328 g/mol. The number of hydrogen-bond acceptors (Lipinski definition) is 4. The third-order valence-corrected chi connectivity index (χ3v) is 5.08. The molecule has 0 bridgehead atoms. The predicted octanol–water partition coefficient (Wildman–Crippen LogP) is 2.54. The first-order valence-corrected chi connectivity index (χ1v) is 9.52. The fourth-order valence-electron chi connectivity index (χ4n) is 3.74. The number of aromatic amines is 1. The number of nitrogens with zero attached hydrogens (tertiary/aromatic N) is 5. The highest BCUT2D eigenvalue weighted by Gasteiger charge is 2.26. The highest BCUT2D eigenvalue weighted by atomic mass is 16.2. The van der Waals surface area contributed by atoms with Gasteiger partial charge in [-0.2, -0.15) is 0 Å². The van der Waals surface area contributed by atoms with E-state index in [1.165, 1.54) is 0 Å². The number of amides is 1. The molecule has 0 atom stereocenters. The zero-order valence-corrected chi connectivity index (χ0v) is 16.3. The van der Waals surface area contributed by atoms with Crippen molar-refractivity contribution in [1.82, 2.24) is 29.8 Å². The summed E-state index contributed by atoms with van der Waals surface area (Å²) < 4.78 is 1.99. The summed E-state index contributed by atoms with van der Waals surface area (Å²) in [5.74, 6) is 0.106. The van der Waals surface area contributed by atoms with Gasteiger partial charge in [0.15, 0.2) is 0 Å². The minimum atomic E-state index is 0.106. The lowest BCUT2D eigenvalue weighted by atomic mass is 10.0. The average Bonchev–Trinajstić information content (AvgIpc) is 3.20. The van der Waals surface area contributed by atoms with Crippen LogP contribution >= 0.6 is 0 Å². The van der Waals surface area contributed by atoms with Gasteiger partial charge in [0.05, 0.1) is 17.9 Å². The Balaban J connectivity index is 1.56. The zero-order valence-electron chi connectivity index (χ0n) is 16.3. The number of carbonyl (C=O) groups excluding carboxylic acids is 1. The van der Waals surface area contributed by atoms with Crippen LogP contribution in [0.25, 0.3) is 0 Å². The molecule has 1 N–H and O–H groups in total. The lowest BCUT2D eigenvalue weighted by molar-refractivity contribution is 0.0683. The van der Waals surface area contributed by atoms with E-state index < -0.39 is 0 Å². The van der Waals surface area contributed by atoms with E-state index in [4.69, 9.17) is 0 Å². The maximum Gasteiger partial charge on any atom is 0.270 e. The number of aryl methyl sites for hydroxylation is 2. The molecule has 1 saturated heterocycles. The molecule has 1 aliphatic rings. The molecule has 1 fully saturated rings. The van der Waals surface area contributed by atoms with Gasteiger partial charge >= 0.3 is 0 Å². The molecule has 3 rings (SSSR count). The van der Waals surface area contributed by atoms with Crippen LogP contribution in [0.5, 0.6) is 0 Å². The van der Waals surface area contributed by atoms with Crippen molar-refractivity contribution in [2.24, 2.45) is 0 Å². The van der Waals surface area contributed by atoms with Gasteiger partial charge in [-0.15, -0.1) is 5.10 Å². The van der Waals surface area contributed by atoms with Crippen molar-refractivity contribution in [2.75, 3.05) is 26.7 Å². The number of carbonyl (C=O) groups is 1. The average molecular weight is 358 g/mol. The van der Waals surface area contributed by atoms with Gasteiger partial charge in [0, 0.05) is 25.3 Å². The third-order valence-electron chi connectivity index (χ3n) is 5.08. The molecule has 0 aromatic carbocycles. The van der Waals surface area contributed by atoms with E-state index in [-0.39, 0.29) is 5.91 Å². The molecule has 7 heteroatoms. The van der Waals surface area contributed by atoms with Crippen LogP contribution < -0.4 is 0 Å². The van der Waals surface area contributed by atoms with Gasteiger partial charge in [-0.25, -0.2) is 4.68 Å². The van der Waals surface area contributed by atoms with Crippen LogP contribution in [0.15, 0.2) is 12.3 Å². The van der Waals surface area contributed by atoms with Crippen molar-refractivity contribution in [3.8, 4) is 0 Å². The van der Waals surface area contributed by atoms with Gasteiger partial charge in [0.1, 0.15) is 5.69 Å². The Morgan fingerprint density at radius 1 is 1.35 bits per heavy atom. The van der Waals surface area contributed by atoms with E-state index in [1.54, 1.807) is 0 Å². The number of likely N-dealkylation sites (tertiary alicyclic amines) is 1. The topological polar surface area (TPSA) is 70.0 Å². The third kappa shape index (κ3) is 4.15. The number of aromatic nitrogens is 4. The Bertz CT molecular complexity index is 741. The molecule has 0 unspecified atom stereocenters. The fraction of sp³-hybridized carbons (Fsp3) is 0.632. The number of rotatable bonds is 6. The monoisotopic (exact) mass is 358 g/mol. The number of piperidine rings is 1. The molecule has 1 amide bonds. The summed E-state index contributed by atoms with van der Waals surface area (Å²) in [5, 5.41) is 8.64. The largest absolute Gasteiger partial charge is 0.354 e. The smallest absolute Gasteiger partial charge is 0.270 e. The quantitative estimate of drug-likeness (QED) is 0.861. The van der Waals surface area contributed by atoms with Crippen molar-refractivity contribution in [3.63, 3.8) is 0 Å². The van der Waals surface area contributed by atoms with E-state index in [2.05, 4.69) is 40.4 Å². The number of hydrogen-bond donors (Lipinski definition) is 1. The number of nitrogens with one attached hydrogen (secondary N) is 1. The first kappa shape index (κ1) is 18.6. The van der Waals surface area contributed by atoms with E-state index in [9.17, 15) is 4.79 Å². The van der Waals surface area contributed by atoms with Crippen LogP contribution in [-0.2, 0) is 6.54 Å². The van der Waals surface area contributed by atoms with Gasteiger partial charge in [-0.3, -0.25) is 4.79 Å². The highest BCUT2D eigenvalue weighted by Crippen LogP contribution is 2.23. The second kappa shape index (κ2) is 8.03. The van der Waals surface area contributed by atoms with E-state index in [0.29, 0.717) is 6.04 Å². The minimum absolute atomic E-state index is 0.106. The van der Waals surface area contributed by atoms with Crippen molar-refractivity contribution in [2.45, 2.75) is 52.6 Å². The van der Waals surface area contributed by atoms with Gasteiger partial charge in [0.2, 0.25) is 0 Å².